The van der Waals surface area contributed by atoms with Gasteiger partial charge in [0, 0.05) is 18.0 Å². The van der Waals surface area contributed by atoms with Crippen LogP contribution in [-0.2, 0) is 29.3 Å². The van der Waals surface area contributed by atoms with Crippen LogP contribution in [0.1, 0.15) is 29.4 Å². The van der Waals surface area contributed by atoms with Gasteiger partial charge < -0.3 is 9.88 Å². The Morgan fingerprint density at radius 1 is 1.18 bits per heavy atom. The zero-order valence-electron chi connectivity index (χ0n) is 18.6. The van der Waals surface area contributed by atoms with Gasteiger partial charge in [0.25, 0.3) is 0 Å². The van der Waals surface area contributed by atoms with Crippen LogP contribution in [-0.4, -0.2) is 26.4 Å². The summed E-state index contributed by atoms with van der Waals surface area (Å²) in [6, 6.07) is 11.7. The molecule has 0 aliphatic heterocycles. The largest absolute Gasteiger partial charge is 0.325 e. The van der Waals surface area contributed by atoms with Crippen LogP contribution in [0, 0.1) is 6.92 Å². The van der Waals surface area contributed by atoms with Crippen LogP contribution in [0.2, 0.25) is 10.0 Å². The maximum Gasteiger partial charge on any atom is 0.234 e. The second-order valence-electron chi connectivity index (χ2n) is 7.34. The molecule has 0 bridgehead atoms. The number of allylic oxidation sites excluding steroid dienone is 1. The van der Waals surface area contributed by atoms with Crippen molar-refractivity contribution in [2.45, 2.75) is 43.5 Å². The number of carbonyl (C=O) groups is 1. The molecule has 33 heavy (non-hydrogen) atoms. The molecule has 0 radical (unpaired) electrons. The van der Waals surface area contributed by atoms with Crippen LogP contribution in [0.15, 0.2) is 54.2 Å². The third kappa shape index (κ3) is 7.03. The van der Waals surface area contributed by atoms with Gasteiger partial charge >= 0.3 is 0 Å². The topological polar surface area (TPSA) is 59.8 Å². The van der Waals surface area contributed by atoms with E-state index in [0.29, 0.717) is 27.5 Å². The minimum atomic E-state index is -0.0623. The molecular formula is C24H26Cl2N4OS2. The molecular weight excluding hydrogens is 495 g/mol. The molecule has 0 saturated heterocycles. The van der Waals surface area contributed by atoms with Gasteiger partial charge in [-0.1, -0.05) is 72.2 Å². The summed E-state index contributed by atoms with van der Waals surface area (Å²) in [5.41, 5.74) is 4.18. The van der Waals surface area contributed by atoms with Crippen LogP contribution in [0.25, 0.3) is 0 Å². The molecule has 3 rings (SSSR count). The average molecular weight is 522 g/mol. The van der Waals surface area contributed by atoms with E-state index in [1.807, 2.05) is 47.9 Å². The molecule has 5 nitrogen and oxygen atoms in total. The molecule has 0 saturated carbocycles. The first kappa shape index (κ1) is 25.7. The van der Waals surface area contributed by atoms with Gasteiger partial charge in [0.2, 0.25) is 5.91 Å². The van der Waals surface area contributed by atoms with E-state index < -0.39 is 0 Å². The van der Waals surface area contributed by atoms with Gasteiger partial charge in [-0.25, -0.2) is 0 Å². The fourth-order valence-corrected chi connectivity index (χ4v) is 5.24. The third-order valence-electron chi connectivity index (χ3n) is 4.93. The Morgan fingerprint density at radius 2 is 2.00 bits per heavy atom. The summed E-state index contributed by atoms with van der Waals surface area (Å²) in [5.74, 6) is 2.49. The predicted molar refractivity (Wildman–Crippen MR) is 142 cm³/mol. The summed E-state index contributed by atoms with van der Waals surface area (Å²) in [5, 5.41) is 13.5. The van der Waals surface area contributed by atoms with Crippen LogP contribution >= 0.6 is 46.7 Å². The number of benzene rings is 2. The Bertz CT molecular complexity index is 1130. The number of amides is 1. The Kier molecular flexibility index (Phi) is 9.74. The second kappa shape index (κ2) is 12.5. The first-order valence-corrected chi connectivity index (χ1v) is 13.4. The molecule has 1 N–H and O–H groups in total. The molecule has 0 aliphatic rings. The summed E-state index contributed by atoms with van der Waals surface area (Å²) in [6.07, 6.45) is 2.67. The fourth-order valence-electron chi connectivity index (χ4n) is 3.24. The lowest BCUT2D eigenvalue weighted by Crippen LogP contribution is -2.16. The SMILES string of the molecule is C=CCn1c(CSCc2ccc(Cl)c(Cl)c2)nnc1SCC(=O)Nc1c(C)cccc1CC. The van der Waals surface area contributed by atoms with Gasteiger partial charge in [-0.2, -0.15) is 0 Å². The van der Waals surface area contributed by atoms with E-state index in [1.165, 1.54) is 11.8 Å². The Hall–Kier alpha value is -1.93. The molecule has 0 spiro atoms. The predicted octanol–water partition coefficient (Wildman–Crippen LogP) is 6.81. The van der Waals surface area contributed by atoms with E-state index in [1.54, 1.807) is 17.8 Å². The maximum atomic E-state index is 12.6. The molecule has 2 aromatic carbocycles. The molecule has 174 valence electrons. The fraction of sp³-hybridized carbons (Fsp3) is 0.292. The van der Waals surface area contributed by atoms with Gasteiger partial charge in [0.1, 0.15) is 5.82 Å². The number of hydrogen-bond acceptors (Lipinski definition) is 5. The van der Waals surface area contributed by atoms with E-state index in [9.17, 15) is 4.79 Å². The van der Waals surface area contributed by atoms with E-state index in [0.717, 1.165) is 40.4 Å². The summed E-state index contributed by atoms with van der Waals surface area (Å²) >= 11 is 15.2. The molecule has 1 amide bonds. The number of halogens is 2. The summed E-state index contributed by atoms with van der Waals surface area (Å²) < 4.78 is 2.00. The second-order valence-corrected chi connectivity index (χ2v) is 10.1. The van der Waals surface area contributed by atoms with Crippen molar-refractivity contribution in [2.24, 2.45) is 0 Å². The number of rotatable bonds is 11. The van der Waals surface area contributed by atoms with Gasteiger partial charge in [0.05, 0.1) is 21.6 Å². The van der Waals surface area contributed by atoms with Crippen molar-refractivity contribution in [3.8, 4) is 0 Å². The number of carbonyl (C=O) groups excluding carboxylic acids is 1. The molecule has 0 unspecified atom stereocenters. The van der Waals surface area contributed by atoms with Crippen molar-refractivity contribution in [1.29, 1.82) is 0 Å². The first-order chi connectivity index (χ1) is 15.9. The summed E-state index contributed by atoms with van der Waals surface area (Å²) in [4.78, 5) is 12.6. The molecule has 0 atom stereocenters. The standard InChI is InChI=1S/C24H26Cl2N4OS2/c1-4-11-30-21(14-32-13-17-9-10-19(25)20(26)12-17)28-29-24(30)33-15-22(31)27-23-16(3)7-6-8-18(23)5-2/h4,6-10,12H,1,5,11,13-15H2,2-3H3,(H,27,31). The van der Waals surface area contributed by atoms with Gasteiger partial charge in [0.15, 0.2) is 5.16 Å². The lowest BCUT2D eigenvalue weighted by Gasteiger charge is -2.13. The number of para-hydroxylation sites is 1. The van der Waals surface area contributed by atoms with Gasteiger partial charge in [-0.05, 0) is 42.2 Å². The van der Waals surface area contributed by atoms with E-state index >= 15 is 0 Å². The first-order valence-electron chi connectivity index (χ1n) is 10.5. The highest BCUT2D eigenvalue weighted by atomic mass is 35.5. The molecule has 0 fully saturated rings. The zero-order chi connectivity index (χ0) is 23.8. The highest BCUT2D eigenvalue weighted by Crippen LogP contribution is 2.27. The molecule has 1 aromatic heterocycles. The highest BCUT2D eigenvalue weighted by Gasteiger charge is 2.15. The highest BCUT2D eigenvalue weighted by molar-refractivity contribution is 7.99. The lowest BCUT2D eigenvalue weighted by atomic mass is 10.1. The number of aromatic nitrogens is 3. The van der Waals surface area contributed by atoms with Gasteiger partial charge in [-0.15, -0.1) is 28.5 Å². The van der Waals surface area contributed by atoms with Crippen molar-refractivity contribution < 1.29 is 4.79 Å². The third-order valence-corrected chi connectivity index (χ3v) is 7.63. The Balaban J connectivity index is 1.60. The molecule has 1 heterocycles. The van der Waals surface area contributed by atoms with Gasteiger partial charge in [-0.3, -0.25) is 4.79 Å². The molecule has 3 aromatic rings. The van der Waals surface area contributed by atoms with Crippen molar-refractivity contribution in [1.82, 2.24) is 14.8 Å². The quantitative estimate of drug-likeness (QED) is 0.222. The smallest absolute Gasteiger partial charge is 0.234 e. The monoisotopic (exact) mass is 520 g/mol. The minimum Gasteiger partial charge on any atom is -0.325 e. The van der Waals surface area contributed by atoms with Crippen LogP contribution in [0.5, 0.6) is 0 Å². The number of aryl methyl sites for hydroxylation is 2. The Morgan fingerprint density at radius 3 is 2.73 bits per heavy atom. The number of nitrogens with zero attached hydrogens (tertiary/aromatic N) is 3. The molecule has 0 aliphatic carbocycles. The van der Waals surface area contributed by atoms with Crippen molar-refractivity contribution in [2.75, 3.05) is 11.1 Å². The summed E-state index contributed by atoms with van der Waals surface area (Å²) in [7, 11) is 0. The minimum absolute atomic E-state index is 0.0623. The number of nitrogens with one attached hydrogen (secondary N) is 1. The van der Waals surface area contributed by atoms with Crippen molar-refractivity contribution in [3.05, 3.63) is 81.6 Å². The van der Waals surface area contributed by atoms with E-state index in [2.05, 4.69) is 29.0 Å². The number of thioether (sulfide) groups is 2. The van der Waals surface area contributed by atoms with Crippen molar-refractivity contribution >= 4 is 58.3 Å². The normalized spacial score (nSPS) is 10.9. The zero-order valence-corrected chi connectivity index (χ0v) is 21.8. The van der Waals surface area contributed by atoms with Crippen LogP contribution in [0.4, 0.5) is 5.69 Å². The lowest BCUT2D eigenvalue weighted by molar-refractivity contribution is -0.113. The van der Waals surface area contributed by atoms with Crippen LogP contribution in [0.3, 0.4) is 0 Å². The van der Waals surface area contributed by atoms with Crippen molar-refractivity contribution in [3.63, 3.8) is 0 Å². The van der Waals surface area contributed by atoms with E-state index in [4.69, 9.17) is 23.2 Å². The summed E-state index contributed by atoms with van der Waals surface area (Å²) in [6.45, 7) is 8.51. The molecule has 9 heteroatoms. The number of hydrogen-bond donors (Lipinski definition) is 1. The Labute approximate surface area is 213 Å². The number of anilines is 1. The average Bonchev–Trinajstić information content (AvgIpc) is 3.18. The van der Waals surface area contributed by atoms with Crippen LogP contribution < -0.4 is 5.32 Å². The maximum absolute atomic E-state index is 12.6. The van der Waals surface area contributed by atoms with E-state index in [-0.39, 0.29) is 11.7 Å².